The number of allylic oxidation sites excluding steroid dienone is 1. The Hall–Kier alpha value is -1.92. The van der Waals surface area contributed by atoms with E-state index in [4.69, 9.17) is 13.9 Å². The summed E-state index contributed by atoms with van der Waals surface area (Å²) in [5.74, 6) is -0.510. The Balaban J connectivity index is 2.66. The van der Waals surface area contributed by atoms with Crippen LogP contribution in [0.25, 0.3) is 0 Å². The molecule has 0 N–H and O–H groups in total. The first-order chi connectivity index (χ1) is 15.2. The second-order valence-corrected chi connectivity index (χ2v) is 15.5. The summed E-state index contributed by atoms with van der Waals surface area (Å²) in [6.45, 7) is 19.6. The Morgan fingerprint density at radius 2 is 1.55 bits per heavy atom. The third kappa shape index (κ3) is 10.3. The largest absolute Gasteiger partial charge is 0.459 e. The summed E-state index contributed by atoms with van der Waals surface area (Å²) in [6.07, 6.45) is 4.39. The highest BCUT2D eigenvalue weighted by Gasteiger charge is 2.37. The van der Waals surface area contributed by atoms with Crippen molar-refractivity contribution in [3.05, 3.63) is 48.0 Å². The molecule has 33 heavy (non-hydrogen) atoms. The number of carbonyl (C=O) groups excluding carboxylic acids is 2. The van der Waals surface area contributed by atoms with Crippen molar-refractivity contribution < 1.29 is 23.5 Å². The van der Waals surface area contributed by atoms with Crippen molar-refractivity contribution in [1.29, 1.82) is 0 Å². The minimum atomic E-state index is -1.73. The second-order valence-electron chi connectivity index (χ2n) is 10.7. The topological polar surface area (TPSA) is 61.8 Å². The van der Waals surface area contributed by atoms with Crippen molar-refractivity contribution in [2.24, 2.45) is 11.8 Å². The van der Waals surface area contributed by atoms with Crippen LogP contribution in [0.15, 0.2) is 42.5 Å². The Kier molecular flexibility index (Phi) is 11.5. The Bertz CT molecular complexity index is 764. The van der Waals surface area contributed by atoms with E-state index in [1.54, 1.807) is 24.3 Å². The van der Waals surface area contributed by atoms with Gasteiger partial charge in [0.15, 0.2) is 8.32 Å². The van der Waals surface area contributed by atoms with Crippen molar-refractivity contribution in [3.63, 3.8) is 0 Å². The molecule has 0 aromatic heterocycles. The van der Waals surface area contributed by atoms with Gasteiger partial charge in [-0.1, -0.05) is 84.0 Å². The van der Waals surface area contributed by atoms with Gasteiger partial charge in [0.1, 0.15) is 6.10 Å². The van der Waals surface area contributed by atoms with Crippen LogP contribution < -0.4 is 0 Å². The van der Waals surface area contributed by atoms with Crippen molar-refractivity contribution in [2.75, 3.05) is 6.61 Å². The van der Waals surface area contributed by atoms with Gasteiger partial charge in [-0.05, 0) is 36.4 Å². The minimum Gasteiger partial charge on any atom is -0.459 e. The molecule has 186 valence electrons. The number of ether oxygens (including phenoxy) is 2. The lowest BCUT2D eigenvalue weighted by Crippen LogP contribution is -2.41. The number of hydrogen-bond donors (Lipinski definition) is 0. The van der Waals surface area contributed by atoms with Gasteiger partial charge in [-0.3, -0.25) is 4.79 Å². The third-order valence-corrected chi connectivity index (χ3v) is 10.7. The summed E-state index contributed by atoms with van der Waals surface area (Å²) in [5.41, 5.74) is 0.603. The lowest BCUT2D eigenvalue weighted by atomic mass is 10.0. The SMILES string of the molecule is CC(=O)O[C@H](C(=O)O[C@H](C/C=C\C[C@@H](C)CO[Si](C)(C)C(C)(C)C)C(C)C)c1ccccc1. The third-order valence-electron chi connectivity index (χ3n) is 6.22. The van der Waals surface area contributed by atoms with E-state index in [2.05, 4.69) is 52.9 Å². The molecule has 0 bridgehead atoms. The van der Waals surface area contributed by atoms with E-state index < -0.39 is 26.4 Å². The molecule has 5 nitrogen and oxygen atoms in total. The molecule has 0 radical (unpaired) electrons. The number of benzene rings is 1. The van der Waals surface area contributed by atoms with Gasteiger partial charge in [0.2, 0.25) is 6.10 Å². The molecule has 0 heterocycles. The zero-order valence-corrected chi connectivity index (χ0v) is 23.0. The molecule has 0 aliphatic carbocycles. The van der Waals surface area contributed by atoms with Crippen LogP contribution in [0.3, 0.4) is 0 Å². The Labute approximate surface area is 202 Å². The van der Waals surface area contributed by atoms with Crippen LogP contribution in [0.2, 0.25) is 18.1 Å². The molecule has 0 aliphatic rings. The number of esters is 2. The van der Waals surface area contributed by atoms with Crippen LogP contribution in [0.5, 0.6) is 0 Å². The van der Waals surface area contributed by atoms with E-state index in [0.717, 1.165) is 13.0 Å². The molecule has 1 rings (SSSR count). The highest BCUT2D eigenvalue weighted by atomic mass is 28.4. The maximum absolute atomic E-state index is 12.9. The Morgan fingerprint density at radius 3 is 2.06 bits per heavy atom. The molecule has 3 atom stereocenters. The maximum Gasteiger partial charge on any atom is 0.352 e. The van der Waals surface area contributed by atoms with Crippen LogP contribution in [0.4, 0.5) is 0 Å². The van der Waals surface area contributed by atoms with Crippen LogP contribution >= 0.6 is 0 Å². The van der Waals surface area contributed by atoms with Gasteiger partial charge >= 0.3 is 11.9 Å². The van der Waals surface area contributed by atoms with Crippen LogP contribution in [-0.4, -0.2) is 33.0 Å². The lowest BCUT2D eigenvalue weighted by molar-refractivity contribution is -0.172. The van der Waals surface area contributed by atoms with Crippen molar-refractivity contribution in [1.82, 2.24) is 0 Å². The zero-order valence-electron chi connectivity index (χ0n) is 22.0. The first kappa shape index (κ1) is 29.1. The number of carbonyl (C=O) groups is 2. The van der Waals surface area contributed by atoms with Crippen molar-refractivity contribution in [2.45, 2.75) is 91.6 Å². The maximum atomic E-state index is 12.9. The molecule has 0 amide bonds. The summed E-state index contributed by atoms with van der Waals surface area (Å²) in [6, 6.07) is 8.97. The second kappa shape index (κ2) is 13.1. The molecule has 0 fully saturated rings. The van der Waals surface area contributed by atoms with Gasteiger partial charge in [0.25, 0.3) is 0 Å². The minimum absolute atomic E-state index is 0.131. The van der Waals surface area contributed by atoms with Crippen molar-refractivity contribution in [3.8, 4) is 0 Å². The summed E-state index contributed by atoms with van der Waals surface area (Å²) >= 11 is 0. The van der Waals surface area contributed by atoms with Gasteiger partial charge < -0.3 is 13.9 Å². The standard InChI is InChI=1S/C27H44O5Si/c1-20(2)24(18-14-13-15-21(3)19-30-33(8,9)27(5,6)7)32-26(29)25(31-22(4)28)23-16-11-10-12-17-23/h10-14,16-17,20-21,24-25H,15,18-19H2,1-9H3/b14-13-/t21-,24-,25+/m1/s1. The zero-order chi connectivity index (χ0) is 25.2. The van der Waals surface area contributed by atoms with Gasteiger partial charge in [-0.25, -0.2) is 4.79 Å². The molecule has 0 spiro atoms. The van der Waals surface area contributed by atoms with E-state index in [1.807, 2.05) is 19.9 Å². The van der Waals surface area contributed by atoms with Crippen LogP contribution in [0, 0.1) is 11.8 Å². The molecule has 1 aromatic rings. The molecular formula is C27H44O5Si. The number of hydrogen-bond acceptors (Lipinski definition) is 5. The van der Waals surface area contributed by atoms with Crippen molar-refractivity contribution >= 4 is 20.3 Å². The normalized spacial score (nSPS) is 15.3. The molecular weight excluding hydrogens is 432 g/mol. The van der Waals surface area contributed by atoms with Gasteiger partial charge in [-0.15, -0.1) is 0 Å². The van der Waals surface area contributed by atoms with Gasteiger partial charge in [0.05, 0.1) is 0 Å². The fourth-order valence-corrected chi connectivity index (χ4v) is 4.04. The van der Waals surface area contributed by atoms with Crippen LogP contribution in [-0.2, 0) is 23.5 Å². The summed E-state index contributed by atoms with van der Waals surface area (Å²) in [4.78, 5) is 24.4. The Morgan fingerprint density at radius 1 is 0.970 bits per heavy atom. The van der Waals surface area contributed by atoms with E-state index in [9.17, 15) is 9.59 Å². The molecule has 0 aliphatic heterocycles. The first-order valence-corrected chi connectivity index (χ1v) is 14.9. The molecule has 6 heteroatoms. The average Bonchev–Trinajstić information content (AvgIpc) is 2.72. The lowest BCUT2D eigenvalue weighted by Gasteiger charge is -2.36. The predicted octanol–water partition coefficient (Wildman–Crippen LogP) is 6.85. The van der Waals surface area contributed by atoms with Crippen LogP contribution in [0.1, 0.15) is 73.0 Å². The van der Waals surface area contributed by atoms with Gasteiger partial charge in [0, 0.05) is 25.5 Å². The summed E-state index contributed by atoms with van der Waals surface area (Å²) < 4.78 is 17.4. The van der Waals surface area contributed by atoms with E-state index >= 15 is 0 Å². The highest BCUT2D eigenvalue weighted by Crippen LogP contribution is 2.36. The fraction of sp³-hybridized carbons (Fsp3) is 0.630. The number of rotatable bonds is 12. The van der Waals surface area contributed by atoms with Gasteiger partial charge in [-0.2, -0.15) is 0 Å². The van der Waals surface area contributed by atoms with E-state index in [1.165, 1.54) is 6.92 Å². The predicted molar refractivity (Wildman–Crippen MR) is 136 cm³/mol. The quantitative estimate of drug-likeness (QED) is 0.187. The monoisotopic (exact) mass is 476 g/mol. The molecule has 0 unspecified atom stereocenters. The fourth-order valence-electron chi connectivity index (χ4n) is 2.91. The smallest absolute Gasteiger partial charge is 0.352 e. The summed E-state index contributed by atoms with van der Waals surface area (Å²) in [5, 5.41) is 0.209. The van der Waals surface area contributed by atoms with E-state index in [-0.39, 0.29) is 17.1 Å². The molecule has 1 aromatic carbocycles. The first-order valence-electron chi connectivity index (χ1n) is 12.0. The average molecular weight is 477 g/mol. The highest BCUT2D eigenvalue weighted by molar-refractivity contribution is 6.74. The molecule has 0 saturated carbocycles. The summed E-state index contributed by atoms with van der Waals surface area (Å²) in [7, 11) is -1.73. The molecule has 0 saturated heterocycles. The van der Waals surface area contributed by atoms with E-state index in [0.29, 0.717) is 17.9 Å².